The molecule has 0 saturated heterocycles. The smallest absolute Gasteiger partial charge is 0.255 e. The minimum Gasteiger partial charge on any atom is -0.484 e. The van der Waals surface area contributed by atoms with Crippen LogP contribution >= 0.6 is 0 Å². The van der Waals surface area contributed by atoms with E-state index in [1.54, 1.807) is 48.5 Å². The van der Waals surface area contributed by atoms with Gasteiger partial charge in [0.25, 0.3) is 5.91 Å². The van der Waals surface area contributed by atoms with Crippen LogP contribution in [0.1, 0.15) is 24.2 Å². The molecule has 2 rings (SSSR count). The highest BCUT2D eigenvalue weighted by Crippen LogP contribution is 2.17. The Labute approximate surface area is 146 Å². The second-order valence-corrected chi connectivity index (χ2v) is 5.54. The Morgan fingerprint density at radius 1 is 1.24 bits per heavy atom. The van der Waals surface area contributed by atoms with Gasteiger partial charge in [-0.25, -0.2) is 0 Å². The van der Waals surface area contributed by atoms with Crippen LogP contribution in [0.2, 0.25) is 0 Å². The van der Waals surface area contributed by atoms with Gasteiger partial charge in [0.15, 0.2) is 6.61 Å². The molecule has 1 aromatic carbocycles. The molecule has 1 unspecified atom stereocenters. The summed E-state index contributed by atoms with van der Waals surface area (Å²) < 4.78 is 5.19. The quantitative estimate of drug-likeness (QED) is 0.784. The summed E-state index contributed by atoms with van der Waals surface area (Å²) in [5, 5.41) is 0. The van der Waals surface area contributed by atoms with E-state index in [0.717, 1.165) is 11.3 Å². The summed E-state index contributed by atoms with van der Waals surface area (Å²) in [4.78, 5) is 28.9. The number of pyridine rings is 1. The van der Waals surface area contributed by atoms with Crippen molar-refractivity contribution in [1.29, 1.82) is 0 Å². The summed E-state index contributed by atoms with van der Waals surface area (Å²) in [5.74, 6) is -0.102. The minimum absolute atomic E-state index is 0.118. The predicted molar refractivity (Wildman–Crippen MR) is 95.6 cm³/mol. The molecule has 0 fully saturated rings. The molecule has 0 aliphatic rings. The van der Waals surface area contributed by atoms with Gasteiger partial charge in [-0.3, -0.25) is 14.6 Å². The van der Waals surface area contributed by atoms with Gasteiger partial charge in [0.1, 0.15) is 5.75 Å². The number of nitrogens with zero attached hydrogens (tertiary/aromatic N) is 2. The lowest BCUT2D eigenvalue weighted by Gasteiger charge is -2.23. The van der Waals surface area contributed by atoms with E-state index < -0.39 is 5.91 Å². The Hall–Kier alpha value is -3.15. The molecule has 2 aromatic rings. The summed E-state index contributed by atoms with van der Waals surface area (Å²) in [6.07, 6.45) is 4.95. The predicted octanol–water partition coefficient (Wildman–Crippen LogP) is 2.18. The van der Waals surface area contributed by atoms with Crippen LogP contribution in [0.25, 0.3) is 6.08 Å². The fraction of sp³-hybridized carbons (Fsp3) is 0.211. The Balaban J connectivity index is 1.96. The second kappa shape index (κ2) is 8.63. The van der Waals surface area contributed by atoms with Crippen molar-refractivity contribution in [3.8, 4) is 5.75 Å². The van der Waals surface area contributed by atoms with Gasteiger partial charge in [-0.05, 0) is 42.8 Å². The molecule has 1 aromatic heterocycles. The number of ether oxygens (including phenoxy) is 1. The van der Waals surface area contributed by atoms with Crippen LogP contribution < -0.4 is 10.5 Å². The van der Waals surface area contributed by atoms with Crippen LogP contribution in [0.15, 0.2) is 54.7 Å². The van der Waals surface area contributed by atoms with Crippen molar-refractivity contribution in [3.05, 3.63) is 66.0 Å². The maximum atomic E-state index is 12.3. The molecule has 1 heterocycles. The van der Waals surface area contributed by atoms with E-state index in [4.69, 9.17) is 10.5 Å². The lowest BCUT2D eigenvalue weighted by molar-refractivity contribution is -0.126. The highest BCUT2D eigenvalue weighted by molar-refractivity contribution is 5.91. The maximum absolute atomic E-state index is 12.3. The number of carbonyl (C=O) groups is 2. The average molecular weight is 339 g/mol. The van der Waals surface area contributed by atoms with E-state index in [1.165, 1.54) is 6.08 Å². The topological polar surface area (TPSA) is 85.5 Å². The van der Waals surface area contributed by atoms with Gasteiger partial charge in [0.2, 0.25) is 5.91 Å². The van der Waals surface area contributed by atoms with Crippen molar-refractivity contribution in [2.24, 2.45) is 5.73 Å². The fourth-order valence-corrected chi connectivity index (χ4v) is 2.13. The van der Waals surface area contributed by atoms with Crippen molar-refractivity contribution in [2.45, 2.75) is 13.0 Å². The number of amides is 2. The lowest BCUT2D eigenvalue weighted by Crippen LogP contribution is -2.28. The number of likely N-dealkylation sites (N-methyl/N-ethyl adjacent to an activating group) is 1. The van der Waals surface area contributed by atoms with E-state index >= 15 is 0 Å². The molecule has 0 spiro atoms. The number of aromatic nitrogens is 1. The molecule has 0 aliphatic carbocycles. The summed E-state index contributed by atoms with van der Waals surface area (Å²) in [7, 11) is 1.74. The van der Waals surface area contributed by atoms with E-state index in [1.807, 2.05) is 25.1 Å². The molecule has 0 bridgehead atoms. The van der Waals surface area contributed by atoms with Crippen molar-refractivity contribution >= 4 is 17.9 Å². The lowest BCUT2D eigenvalue weighted by atomic mass is 10.1. The first-order chi connectivity index (χ1) is 12.0. The van der Waals surface area contributed by atoms with Crippen molar-refractivity contribution < 1.29 is 14.3 Å². The summed E-state index contributed by atoms with van der Waals surface area (Å²) in [6.45, 7) is 1.77. The van der Waals surface area contributed by atoms with E-state index in [-0.39, 0.29) is 18.6 Å². The Kier molecular flexibility index (Phi) is 6.28. The highest BCUT2D eigenvalue weighted by atomic mass is 16.5. The van der Waals surface area contributed by atoms with E-state index in [9.17, 15) is 9.59 Å². The Morgan fingerprint density at radius 3 is 2.56 bits per heavy atom. The van der Waals surface area contributed by atoms with Gasteiger partial charge in [-0.2, -0.15) is 0 Å². The molecule has 2 amide bonds. The number of primary amides is 1. The summed E-state index contributed by atoms with van der Waals surface area (Å²) >= 11 is 0. The maximum Gasteiger partial charge on any atom is 0.255 e. The standard InChI is InChI=1S/C19H21N3O3/c1-14(17-5-3-4-12-21-17)22(2)19(24)11-8-15-6-9-16(10-7-15)25-13-18(20)23/h3-12,14H,13H2,1-2H3,(H2,20,23)/b11-8+. The van der Waals surface area contributed by atoms with Gasteiger partial charge in [-0.1, -0.05) is 18.2 Å². The number of hydrogen-bond donors (Lipinski definition) is 1. The van der Waals surface area contributed by atoms with Crippen LogP contribution in [0, 0.1) is 0 Å². The average Bonchev–Trinajstić information content (AvgIpc) is 2.64. The fourth-order valence-electron chi connectivity index (χ4n) is 2.13. The first-order valence-electron chi connectivity index (χ1n) is 7.84. The third kappa shape index (κ3) is 5.46. The van der Waals surface area contributed by atoms with Crippen molar-refractivity contribution in [1.82, 2.24) is 9.88 Å². The molecule has 130 valence electrons. The summed E-state index contributed by atoms with van der Waals surface area (Å²) in [6, 6.07) is 12.5. The van der Waals surface area contributed by atoms with Crippen LogP contribution in [0.5, 0.6) is 5.75 Å². The van der Waals surface area contributed by atoms with Gasteiger partial charge in [0, 0.05) is 19.3 Å². The molecule has 25 heavy (non-hydrogen) atoms. The SMILES string of the molecule is CC(c1ccccn1)N(C)C(=O)/C=C/c1ccc(OCC(N)=O)cc1. The first kappa shape index (κ1) is 18.2. The number of rotatable bonds is 7. The number of carbonyl (C=O) groups excluding carboxylic acids is 2. The van der Waals surface area contributed by atoms with Crippen LogP contribution in [0.4, 0.5) is 0 Å². The molecule has 6 nitrogen and oxygen atoms in total. The van der Waals surface area contributed by atoms with Gasteiger partial charge >= 0.3 is 0 Å². The number of hydrogen-bond acceptors (Lipinski definition) is 4. The van der Waals surface area contributed by atoms with Crippen LogP contribution in [0.3, 0.4) is 0 Å². The number of nitrogens with two attached hydrogens (primary N) is 1. The third-order valence-corrected chi connectivity index (χ3v) is 3.72. The third-order valence-electron chi connectivity index (χ3n) is 3.72. The van der Waals surface area contributed by atoms with Crippen LogP contribution in [-0.2, 0) is 9.59 Å². The largest absolute Gasteiger partial charge is 0.484 e. The molecule has 0 aliphatic heterocycles. The monoisotopic (exact) mass is 339 g/mol. The first-order valence-corrected chi connectivity index (χ1v) is 7.84. The van der Waals surface area contributed by atoms with E-state index in [0.29, 0.717) is 5.75 Å². The van der Waals surface area contributed by atoms with Gasteiger partial charge < -0.3 is 15.4 Å². The van der Waals surface area contributed by atoms with Gasteiger partial charge in [0.05, 0.1) is 11.7 Å². The molecular formula is C19H21N3O3. The van der Waals surface area contributed by atoms with E-state index in [2.05, 4.69) is 4.98 Å². The van der Waals surface area contributed by atoms with Crippen molar-refractivity contribution in [3.63, 3.8) is 0 Å². The molecular weight excluding hydrogens is 318 g/mol. The molecule has 0 radical (unpaired) electrons. The molecule has 1 atom stereocenters. The van der Waals surface area contributed by atoms with Crippen LogP contribution in [-0.4, -0.2) is 35.4 Å². The zero-order valence-electron chi connectivity index (χ0n) is 14.3. The summed E-state index contributed by atoms with van der Waals surface area (Å²) in [5.41, 5.74) is 6.71. The molecule has 2 N–H and O–H groups in total. The van der Waals surface area contributed by atoms with Crippen molar-refractivity contribution in [2.75, 3.05) is 13.7 Å². The minimum atomic E-state index is -0.528. The normalized spacial score (nSPS) is 11.9. The molecule has 0 saturated carbocycles. The zero-order chi connectivity index (χ0) is 18.2. The highest BCUT2D eigenvalue weighted by Gasteiger charge is 2.15. The van der Waals surface area contributed by atoms with Gasteiger partial charge in [-0.15, -0.1) is 0 Å². The zero-order valence-corrected chi connectivity index (χ0v) is 14.3. The Morgan fingerprint density at radius 2 is 1.96 bits per heavy atom. The molecule has 6 heteroatoms. The second-order valence-electron chi connectivity index (χ2n) is 5.54. The number of benzene rings is 1. The Bertz CT molecular complexity index is 742.